The third-order valence-electron chi connectivity index (χ3n) is 4.66. The zero-order chi connectivity index (χ0) is 20.8. The number of carbonyl (C=O) groups is 3. The molecule has 1 aliphatic rings. The lowest BCUT2D eigenvalue weighted by molar-refractivity contribution is -0.137. The van der Waals surface area contributed by atoms with Crippen LogP contribution in [-0.2, 0) is 20.1 Å². The van der Waals surface area contributed by atoms with Gasteiger partial charge in [0.05, 0.1) is 17.2 Å². The van der Waals surface area contributed by atoms with Crippen molar-refractivity contribution in [3.63, 3.8) is 0 Å². The normalized spacial score (nSPS) is 16.4. The van der Waals surface area contributed by atoms with Gasteiger partial charge in [0, 0.05) is 29.8 Å². The highest BCUT2D eigenvalue weighted by Gasteiger charge is 2.27. The second-order valence-corrected chi connectivity index (χ2v) is 7.89. The van der Waals surface area contributed by atoms with Gasteiger partial charge in [-0.15, -0.1) is 11.8 Å². The Morgan fingerprint density at radius 3 is 2.86 bits per heavy atom. The van der Waals surface area contributed by atoms with E-state index in [9.17, 15) is 14.4 Å². The van der Waals surface area contributed by atoms with Crippen molar-refractivity contribution in [1.29, 1.82) is 0 Å². The van der Waals surface area contributed by atoms with Gasteiger partial charge in [0.1, 0.15) is 5.76 Å². The minimum atomic E-state index is -0.568. The molecule has 0 bridgehead atoms. The van der Waals surface area contributed by atoms with Gasteiger partial charge in [0.2, 0.25) is 5.91 Å². The van der Waals surface area contributed by atoms with E-state index in [1.807, 2.05) is 25.1 Å². The Kier molecular flexibility index (Phi) is 6.92. The van der Waals surface area contributed by atoms with Crippen LogP contribution in [0.25, 0.3) is 0 Å². The summed E-state index contributed by atoms with van der Waals surface area (Å²) < 4.78 is 10.3. The largest absolute Gasteiger partial charge is 0.452 e. The molecule has 1 atom stereocenters. The number of benzene rings is 1. The Morgan fingerprint density at radius 2 is 2.14 bits per heavy atom. The molecule has 0 radical (unpaired) electrons. The van der Waals surface area contributed by atoms with Crippen LogP contribution in [0.3, 0.4) is 0 Å². The summed E-state index contributed by atoms with van der Waals surface area (Å²) in [5, 5.41) is 3.94. The van der Waals surface area contributed by atoms with Gasteiger partial charge >= 0.3 is 5.97 Å². The second-order valence-electron chi connectivity index (χ2n) is 6.87. The van der Waals surface area contributed by atoms with E-state index in [1.54, 1.807) is 12.1 Å². The molecule has 2 heterocycles. The van der Waals surface area contributed by atoms with Gasteiger partial charge in [0.15, 0.2) is 6.61 Å². The number of piperidine rings is 1. The van der Waals surface area contributed by atoms with Crippen molar-refractivity contribution < 1.29 is 23.6 Å². The molecule has 2 N–H and O–H groups in total. The third kappa shape index (κ3) is 5.60. The highest BCUT2D eigenvalue weighted by molar-refractivity contribution is 7.98. The summed E-state index contributed by atoms with van der Waals surface area (Å²) in [6.07, 6.45) is 1.38. The Balaban J connectivity index is 1.56. The van der Waals surface area contributed by atoms with Gasteiger partial charge in [-0.25, -0.2) is 4.79 Å². The summed E-state index contributed by atoms with van der Waals surface area (Å²) in [5.74, 6) is -0.381. The van der Waals surface area contributed by atoms with E-state index in [2.05, 4.69) is 5.16 Å². The molecule has 8 nitrogen and oxygen atoms in total. The van der Waals surface area contributed by atoms with Crippen LogP contribution in [0.15, 0.2) is 39.8 Å². The number of likely N-dealkylation sites (tertiary alicyclic amines) is 1. The Hall–Kier alpha value is -2.81. The Labute approximate surface area is 172 Å². The predicted octanol–water partition coefficient (Wildman–Crippen LogP) is 2.16. The second kappa shape index (κ2) is 9.60. The van der Waals surface area contributed by atoms with Crippen molar-refractivity contribution in [3.8, 4) is 0 Å². The highest BCUT2D eigenvalue weighted by atomic mass is 32.2. The fourth-order valence-electron chi connectivity index (χ4n) is 3.13. The Morgan fingerprint density at radius 1 is 1.34 bits per heavy atom. The van der Waals surface area contributed by atoms with Gasteiger partial charge in [-0.2, -0.15) is 0 Å². The first kappa shape index (κ1) is 20.9. The summed E-state index contributed by atoms with van der Waals surface area (Å²) in [7, 11) is 0. The van der Waals surface area contributed by atoms with Gasteiger partial charge in [-0.1, -0.05) is 17.3 Å². The summed E-state index contributed by atoms with van der Waals surface area (Å²) in [6, 6.07) is 8.89. The van der Waals surface area contributed by atoms with E-state index in [1.165, 1.54) is 16.7 Å². The first-order valence-electron chi connectivity index (χ1n) is 9.32. The molecule has 0 spiro atoms. The SMILES string of the molecule is Cc1cc(CSc2ccccc2C(=O)OCC(=O)N2CCC[C@@H](C(N)=O)C2)no1. The zero-order valence-electron chi connectivity index (χ0n) is 16.1. The van der Waals surface area contributed by atoms with Crippen LogP contribution in [0.4, 0.5) is 0 Å². The molecule has 1 aromatic carbocycles. The number of nitrogens with two attached hydrogens (primary N) is 1. The fourth-order valence-corrected chi connectivity index (χ4v) is 4.05. The number of nitrogens with zero attached hydrogens (tertiary/aromatic N) is 2. The monoisotopic (exact) mass is 417 g/mol. The molecule has 29 heavy (non-hydrogen) atoms. The average molecular weight is 417 g/mol. The van der Waals surface area contributed by atoms with Crippen LogP contribution >= 0.6 is 11.8 Å². The molecule has 9 heteroatoms. The van der Waals surface area contributed by atoms with E-state index < -0.39 is 11.9 Å². The zero-order valence-corrected chi connectivity index (χ0v) is 16.9. The van der Waals surface area contributed by atoms with Gasteiger partial charge < -0.3 is 19.9 Å². The maximum atomic E-state index is 12.5. The quantitative estimate of drug-likeness (QED) is 0.542. The number of hydrogen-bond donors (Lipinski definition) is 1. The topological polar surface area (TPSA) is 116 Å². The van der Waals surface area contributed by atoms with Crippen LogP contribution in [0.1, 0.15) is 34.7 Å². The van der Waals surface area contributed by atoms with E-state index in [-0.39, 0.29) is 25.0 Å². The van der Waals surface area contributed by atoms with Crippen LogP contribution < -0.4 is 5.73 Å². The minimum absolute atomic E-state index is 0.273. The summed E-state index contributed by atoms with van der Waals surface area (Å²) in [5.41, 5.74) is 6.51. The molecule has 2 aromatic rings. The molecule has 154 valence electrons. The number of rotatable bonds is 7. The average Bonchev–Trinajstić information content (AvgIpc) is 3.15. The first-order chi connectivity index (χ1) is 13.9. The summed E-state index contributed by atoms with van der Waals surface area (Å²) in [6.45, 7) is 2.25. The number of carbonyl (C=O) groups excluding carboxylic acids is 3. The van der Waals surface area contributed by atoms with Crippen LogP contribution in [0, 0.1) is 12.8 Å². The van der Waals surface area contributed by atoms with E-state index in [0.717, 1.165) is 16.3 Å². The van der Waals surface area contributed by atoms with Crippen LogP contribution in [0.5, 0.6) is 0 Å². The van der Waals surface area contributed by atoms with E-state index >= 15 is 0 Å². The van der Waals surface area contributed by atoms with Crippen LogP contribution in [-0.4, -0.2) is 47.5 Å². The molecular weight excluding hydrogens is 394 g/mol. The lowest BCUT2D eigenvalue weighted by Gasteiger charge is -2.31. The lowest BCUT2D eigenvalue weighted by Crippen LogP contribution is -2.45. The van der Waals surface area contributed by atoms with Crippen molar-refractivity contribution >= 4 is 29.5 Å². The maximum Gasteiger partial charge on any atom is 0.339 e. The number of esters is 1. The number of aryl methyl sites for hydroxylation is 1. The molecule has 0 aliphatic carbocycles. The van der Waals surface area contributed by atoms with Gasteiger partial charge in [-0.05, 0) is 31.9 Å². The van der Waals surface area contributed by atoms with Crippen molar-refractivity contribution in [2.45, 2.75) is 30.4 Å². The minimum Gasteiger partial charge on any atom is -0.452 e. The number of primary amides is 1. The van der Waals surface area contributed by atoms with Gasteiger partial charge in [-0.3, -0.25) is 9.59 Å². The first-order valence-corrected chi connectivity index (χ1v) is 10.3. The molecular formula is C20H23N3O5S. The maximum absolute atomic E-state index is 12.5. The number of aromatic nitrogens is 1. The fraction of sp³-hybridized carbons (Fsp3) is 0.400. The molecule has 2 amide bonds. The third-order valence-corrected chi connectivity index (χ3v) is 5.77. The molecule has 0 saturated carbocycles. The van der Waals surface area contributed by atoms with Crippen molar-refractivity contribution in [2.75, 3.05) is 19.7 Å². The van der Waals surface area contributed by atoms with Crippen LogP contribution in [0.2, 0.25) is 0 Å². The molecule has 1 saturated heterocycles. The van der Waals surface area contributed by atoms with Gasteiger partial charge in [0.25, 0.3) is 5.91 Å². The Bertz CT molecular complexity index is 898. The highest BCUT2D eigenvalue weighted by Crippen LogP contribution is 2.27. The summed E-state index contributed by atoms with van der Waals surface area (Å²) >= 11 is 1.44. The van der Waals surface area contributed by atoms with Crippen molar-refractivity contribution in [2.24, 2.45) is 11.7 Å². The van der Waals surface area contributed by atoms with E-state index in [0.29, 0.717) is 30.7 Å². The molecule has 3 rings (SSSR count). The van der Waals surface area contributed by atoms with E-state index in [4.69, 9.17) is 15.0 Å². The number of hydrogen-bond acceptors (Lipinski definition) is 7. The molecule has 1 aliphatic heterocycles. The smallest absolute Gasteiger partial charge is 0.339 e. The molecule has 0 unspecified atom stereocenters. The number of ether oxygens (including phenoxy) is 1. The molecule has 1 aromatic heterocycles. The molecule has 1 fully saturated rings. The number of thioether (sulfide) groups is 1. The van der Waals surface area contributed by atoms with Crippen molar-refractivity contribution in [3.05, 3.63) is 47.3 Å². The number of amides is 2. The predicted molar refractivity (Wildman–Crippen MR) is 106 cm³/mol. The summed E-state index contributed by atoms with van der Waals surface area (Å²) in [4.78, 5) is 38.5. The standard InChI is InChI=1S/C20H23N3O5S/c1-13-9-15(22-28-13)12-29-17-7-3-2-6-16(17)20(26)27-11-18(24)23-8-4-5-14(10-23)19(21)25/h2-3,6-7,9,14H,4-5,8,10-12H2,1H3,(H2,21,25)/t14-/m1/s1. The van der Waals surface area contributed by atoms with Crippen molar-refractivity contribution in [1.82, 2.24) is 10.1 Å². The lowest BCUT2D eigenvalue weighted by atomic mass is 9.97.